The normalized spacial score (nSPS) is 12.0. The lowest BCUT2D eigenvalue weighted by molar-refractivity contribution is -0.154. The second kappa shape index (κ2) is 9.01. The number of unbranched alkanes of at least 4 members (excludes halogenated alkanes) is 3. The summed E-state index contributed by atoms with van der Waals surface area (Å²) in [7, 11) is 1.74. The fourth-order valence-corrected chi connectivity index (χ4v) is 1.80. The third-order valence-corrected chi connectivity index (χ3v) is 2.75. The standard InChI is InChI=1S/C17H33NO4/c1-16(2,3)21-14(19)12-10-8-9-11-13-18(7)15(20)22-17(4,5)6/h8-13H2,1-7H3. The van der Waals surface area contributed by atoms with Gasteiger partial charge in [0.25, 0.3) is 0 Å². The maximum atomic E-state index is 11.7. The first-order valence-corrected chi connectivity index (χ1v) is 8.07. The van der Waals surface area contributed by atoms with E-state index in [9.17, 15) is 9.59 Å². The average Bonchev–Trinajstić information content (AvgIpc) is 2.28. The van der Waals surface area contributed by atoms with Crippen LogP contribution < -0.4 is 0 Å². The van der Waals surface area contributed by atoms with E-state index in [0.717, 1.165) is 25.7 Å². The van der Waals surface area contributed by atoms with Crippen LogP contribution in [0.3, 0.4) is 0 Å². The van der Waals surface area contributed by atoms with Gasteiger partial charge in [-0.2, -0.15) is 0 Å². The summed E-state index contributed by atoms with van der Waals surface area (Å²) in [5, 5.41) is 0. The van der Waals surface area contributed by atoms with Crippen molar-refractivity contribution in [3.8, 4) is 0 Å². The number of esters is 1. The third-order valence-electron chi connectivity index (χ3n) is 2.75. The molecule has 130 valence electrons. The molecule has 0 heterocycles. The summed E-state index contributed by atoms with van der Waals surface area (Å²) in [4.78, 5) is 24.9. The maximum Gasteiger partial charge on any atom is 0.410 e. The molecular formula is C17H33NO4. The van der Waals surface area contributed by atoms with Gasteiger partial charge in [0.15, 0.2) is 0 Å². The van der Waals surface area contributed by atoms with Crippen molar-refractivity contribution in [3.63, 3.8) is 0 Å². The highest BCUT2D eigenvalue weighted by molar-refractivity contribution is 5.69. The average molecular weight is 315 g/mol. The van der Waals surface area contributed by atoms with Crippen LogP contribution in [0.5, 0.6) is 0 Å². The summed E-state index contributed by atoms with van der Waals surface area (Å²) in [6.45, 7) is 11.9. The molecule has 0 spiro atoms. The van der Waals surface area contributed by atoms with Gasteiger partial charge in [-0.15, -0.1) is 0 Å². The summed E-state index contributed by atoms with van der Waals surface area (Å²) in [5.74, 6) is -0.140. The molecule has 0 fully saturated rings. The Kier molecular flexibility index (Phi) is 8.49. The van der Waals surface area contributed by atoms with Gasteiger partial charge in [0, 0.05) is 20.0 Å². The van der Waals surface area contributed by atoms with Gasteiger partial charge >= 0.3 is 12.1 Å². The number of rotatable bonds is 7. The molecule has 0 aromatic heterocycles. The topological polar surface area (TPSA) is 55.8 Å². The van der Waals surface area contributed by atoms with Gasteiger partial charge in [-0.25, -0.2) is 4.79 Å². The number of nitrogens with zero attached hydrogens (tertiary/aromatic N) is 1. The summed E-state index contributed by atoms with van der Waals surface area (Å²) < 4.78 is 10.5. The molecule has 0 atom stereocenters. The van der Waals surface area contributed by atoms with Crippen LogP contribution in [0.2, 0.25) is 0 Å². The Morgan fingerprint density at radius 2 is 1.32 bits per heavy atom. The Labute approximate surface area is 135 Å². The molecule has 0 radical (unpaired) electrons. The molecule has 5 nitrogen and oxygen atoms in total. The molecule has 22 heavy (non-hydrogen) atoms. The van der Waals surface area contributed by atoms with E-state index >= 15 is 0 Å². The van der Waals surface area contributed by atoms with Gasteiger partial charge in [-0.3, -0.25) is 4.79 Å². The largest absolute Gasteiger partial charge is 0.460 e. The van der Waals surface area contributed by atoms with E-state index in [0.29, 0.717) is 13.0 Å². The van der Waals surface area contributed by atoms with Gasteiger partial charge in [-0.05, 0) is 54.4 Å². The van der Waals surface area contributed by atoms with E-state index in [1.54, 1.807) is 11.9 Å². The smallest absolute Gasteiger partial charge is 0.410 e. The highest BCUT2D eigenvalue weighted by Gasteiger charge is 2.19. The predicted octanol–water partition coefficient (Wildman–Crippen LogP) is 4.15. The Morgan fingerprint density at radius 1 is 0.818 bits per heavy atom. The molecule has 0 unspecified atom stereocenters. The van der Waals surface area contributed by atoms with E-state index in [1.807, 2.05) is 41.5 Å². The Balaban J connectivity index is 3.69. The van der Waals surface area contributed by atoms with Crippen molar-refractivity contribution in [1.82, 2.24) is 4.90 Å². The number of amides is 1. The SMILES string of the molecule is CN(CCCCCCC(=O)OC(C)(C)C)C(=O)OC(C)(C)C. The monoisotopic (exact) mass is 315 g/mol. The molecule has 0 saturated carbocycles. The van der Waals surface area contributed by atoms with Crippen LogP contribution in [0.25, 0.3) is 0 Å². The number of ether oxygens (including phenoxy) is 2. The number of hydrogen-bond acceptors (Lipinski definition) is 4. The highest BCUT2D eigenvalue weighted by Crippen LogP contribution is 2.12. The van der Waals surface area contributed by atoms with Crippen LogP contribution >= 0.6 is 0 Å². The van der Waals surface area contributed by atoms with E-state index in [1.165, 1.54) is 0 Å². The predicted molar refractivity (Wildman–Crippen MR) is 87.8 cm³/mol. The fourth-order valence-electron chi connectivity index (χ4n) is 1.80. The molecule has 0 N–H and O–H groups in total. The third kappa shape index (κ3) is 12.5. The molecule has 1 amide bonds. The Bertz CT molecular complexity index is 353. The lowest BCUT2D eigenvalue weighted by Crippen LogP contribution is -2.34. The molecule has 0 saturated heterocycles. The van der Waals surface area contributed by atoms with Crippen molar-refractivity contribution in [2.75, 3.05) is 13.6 Å². The van der Waals surface area contributed by atoms with Crippen LogP contribution in [0.1, 0.15) is 73.6 Å². The van der Waals surface area contributed by atoms with Crippen LogP contribution in [0, 0.1) is 0 Å². The summed E-state index contributed by atoms with van der Waals surface area (Å²) in [5.41, 5.74) is -0.869. The first-order valence-electron chi connectivity index (χ1n) is 8.07. The lowest BCUT2D eigenvalue weighted by Gasteiger charge is -2.24. The van der Waals surface area contributed by atoms with E-state index in [-0.39, 0.29) is 12.1 Å². The lowest BCUT2D eigenvalue weighted by atomic mass is 10.1. The molecule has 5 heteroatoms. The quantitative estimate of drug-likeness (QED) is 0.523. The Morgan fingerprint density at radius 3 is 1.82 bits per heavy atom. The van der Waals surface area contributed by atoms with Gasteiger partial charge in [0.2, 0.25) is 0 Å². The maximum absolute atomic E-state index is 11.7. The second-order valence-electron chi connectivity index (χ2n) is 7.65. The van der Waals surface area contributed by atoms with Crippen molar-refractivity contribution in [3.05, 3.63) is 0 Å². The van der Waals surface area contributed by atoms with E-state index in [4.69, 9.17) is 9.47 Å². The zero-order valence-electron chi connectivity index (χ0n) is 15.3. The molecule has 0 rings (SSSR count). The molecule has 0 aromatic carbocycles. The first-order chi connectivity index (χ1) is 9.91. The van der Waals surface area contributed by atoms with Crippen LogP contribution in [-0.2, 0) is 14.3 Å². The summed E-state index contributed by atoms with van der Waals surface area (Å²) in [6, 6.07) is 0. The van der Waals surface area contributed by atoms with Gasteiger partial charge in [-0.1, -0.05) is 12.8 Å². The Hall–Kier alpha value is -1.26. The molecule has 0 aliphatic carbocycles. The fraction of sp³-hybridized carbons (Fsp3) is 0.882. The molecular weight excluding hydrogens is 282 g/mol. The number of carbonyl (C=O) groups excluding carboxylic acids is 2. The second-order valence-corrected chi connectivity index (χ2v) is 7.65. The zero-order valence-corrected chi connectivity index (χ0v) is 15.3. The summed E-state index contributed by atoms with van der Waals surface area (Å²) in [6.07, 6.45) is 3.84. The number of carbonyl (C=O) groups is 2. The first kappa shape index (κ1) is 20.7. The van der Waals surface area contributed by atoms with Gasteiger partial charge in [0.05, 0.1) is 0 Å². The van der Waals surface area contributed by atoms with Crippen LogP contribution in [0.15, 0.2) is 0 Å². The molecule has 0 bridgehead atoms. The minimum Gasteiger partial charge on any atom is -0.460 e. The highest BCUT2D eigenvalue weighted by atomic mass is 16.6. The van der Waals surface area contributed by atoms with Crippen molar-refractivity contribution < 1.29 is 19.1 Å². The van der Waals surface area contributed by atoms with Crippen molar-refractivity contribution in [2.45, 2.75) is 84.8 Å². The van der Waals surface area contributed by atoms with Crippen molar-refractivity contribution >= 4 is 12.1 Å². The molecule has 0 aliphatic heterocycles. The van der Waals surface area contributed by atoms with Crippen LogP contribution in [0.4, 0.5) is 4.79 Å². The van der Waals surface area contributed by atoms with Gasteiger partial charge < -0.3 is 14.4 Å². The van der Waals surface area contributed by atoms with Crippen molar-refractivity contribution in [1.29, 1.82) is 0 Å². The van der Waals surface area contributed by atoms with Crippen LogP contribution in [-0.4, -0.2) is 41.8 Å². The molecule has 0 aromatic rings. The van der Waals surface area contributed by atoms with E-state index in [2.05, 4.69) is 0 Å². The van der Waals surface area contributed by atoms with Crippen molar-refractivity contribution in [2.24, 2.45) is 0 Å². The minimum atomic E-state index is -0.460. The van der Waals surface area contributed by atoms with Gasteiger partial charge in [0.1, 0.15) is 11.2 Å². The van der Waals surface area contributed by atoms with E-state index < -0.39 is 11.2 Å². The molecule has 0 aliphatic rings. The summed E-state index contributed by atoms with van der Waals surface area (Å²) >= 11 is 0. The zero-order chi connectivity index (χ0) is 17.4. The number of hydrogen-bond donors (Lipinski definition) is 0. The minimum absolute atomic E-state index is 0.140.